The second-order valence-electron chi connectivity index (χ2n) is 10.2. The van der Waals surface area contributed by atoms with Crippen molar-refractivity contribution >= 4 is 29.1 Å². The van der Waals surface area contributed by atoms with E-state index in [0.29, 0.717) is 12.0 Å². The molecule has 0 atom stereocenters. The molecule has 0 saturated carbocycles. The highest BCUT2D eigenvalue weighted by molar-refractivity contribution is 5.95. The van der Waals surface area contributed by atoms with Crippen molar-refractivity contribution in [3.05, 3.63) is 60.9 Å². The zero-order chi connectivity index (χ0) is 23.1. The van der Waals surface area contributed by atoms with Crippen molar-refractivity contribution in [2.24, 2.45) is 0 Å². The molecule has 4 heterocycles. The van der Waals surface area contributed by atoms with Crippen LogP contribution in [0.3, 0.4) is 0 Å². The molecule has 33 heavy (non-hydrogen) atoms. The SMILES string of the molecule is CC1(C)CC(Nc2nccc(-c3c[nH]c4cc(/C=C/n5ccnc5)ccc34)n2)CC(C)(C)N1. The Kier molecular flexibility index (Phi) is 5.29. The van der Waals surface area contributed by atoms with Gasteiger partial charge in [-0.25, -0.2) is 15.0 Å². The normalized spacial score (nSPS) is 18.2. The van der Waals surface area contributed by atoms with Crippen LogP contribution in [0, 0.1) is 0 Å². The maximum atomic E-state index is 4.86. The maximum absolute atomic E-state index is 4.86. The van der Waals surface area contributed by atoms with Gasteiger partial charge in [0.05, 0.1) is 12.0 Å². The third-order valence-electron chi connectivity index (χ3n) is 6.12. The van der Waals surface area contributed by atoms with E-state index in [1.807, 2.05) is 35.4 Å². The Hall–Kier alpha value is -3.45. The van der Waals surface area contributed by atoms with Crippen molar-refractivity contribution < 1.29 is 0 Å². The molecule has 0 radical (unpaired) electrons. The summed E-state index contributed by atoms with van der Waals surface area (Å²) in [5, 5.41) is 8.46. The number of imidazole rings is 1. The Morgan fingerprint density at radius 1 is 1.09 bits per heavy atom. The Labute approximate surface area is 194 Å². The highest BCUT2D eigenvalue weighted by Crippen LogP contribution is 2.31. The molecule has 0 aliphatic carbocycles. The minimum Gasteiger partial charge on any atom is -0.360 e. The van der Waals surface area contributed by atoms with Gasteiger partial charge in [-0.15, -0.1) is 0 Å². The lowest BCUT2D eigenvalue weighted by atomic mass is 9.80. The summed E-state index contributed by atoms with van der Waals surface area (Å²) < 4.78 is 1.92. The van der Waals surface area contributed by atoms with Crippen molar-refractivity contribution in [2.75, 3.05) is 5.32 Å². The minimum atomic E-state index is 0.0673. The number of nitrogens with zero attached hydrogens (tertiary/aromatic N) is 4. The molecule has 4 aromatic rings. The molecule has 0 unspecified atom stereocenters. The van der Waals surface area contributed by atoms with Gasteiger partial charge >= 0.3 is 0 Å². The zero-order valence-electron chi connectivity index (χ0n) is 19.6. The van der Waals surface area contributed by atoms with Gasteiger partial charge in [0.1, 0.15) is 0 Å². The number of H-pyrrole nitrogens is 1. The molecule has 0 bridgehead atoms. The average Bonchev–Trinajstić information content (AvgIpc) is 3.39. The standard InChI is InChI=1S/C26H31N7/c1-25(2)14-19(15-26(3,4)32-25)30-24-28-9-7-22(31-24)21-16-29-23-13-18(5-6-20(21)23)8-11-33-12-10-27-17-33/h5-13,16-17,19,29,32H,14-15H2,1-4H3,(H,28,30,31)/b11-8+. The van der Waals surface area contributed by atoms with Gasteiger partial charge in [-0.05, 0) is 64.3 Å². The topological polar surface area (TPSA) is 83.5 Å². The van der Waals surface area contributed by atoms with E-state index >= 15 is 0 Å². The number of fused-ring (bicyclic) bond motifs is 1. The van der Waals surface area contributed by atoms with E-state index in [9.17, 15) is 0 Å². The lowest BCUT2D eigenvalue weighted by Gasteiger charge is -2.46. The molecule has 1 saturated heterocycles. The van der Waals surface area contributed by atoms with Crippen LogP contribution in [0.15, 0.2) is 55.4 Å². The van der Waals surface area contributed by atoms with Crippen LogP contribution in [0.4, 0.5) is 5.95 Å². The molecule has 5 rings (SSSR count). The van der Waals surface area contributed by atoms with Crippen LogP contribution in [-0.2, 0) is 0 Å². The second kappa shape index (κ2) is 8.15. The Balaban J connectivity index is 1.37. The summed E-state index contributed by atoms with van der Waals surface area (Å²) in [6, 6.07) is 8.69. The van der Waals surface area contributed by atoms with Gasteiger partial charge in [-0.3, -0.25) is 0 Å². The van der Waals surface area contributed by atoms with Crippen LogP contribution in [0.5, 0.6) is 0 Å². The van der Waals surface area contributed by atoms with Crippen LogP contribution in [0.1, 0.15) is 46.1 Å². The van der Waals surface area contributed by atoms with Gasteiger partial charge in [-0.2, -0.15) is 0 Å². The van der Waals surface area contributed by atoms with E-state index in [-0.39, 0.29) is 11.1 Å². The van der Waals surface area contributed by atoms with Crippen molar-refractivity contribution in [3.63, 3.8) is 0 Å². The van der Waals surface area contributed by atoms with Gasteiger partial charge in [-0.1, -0.05) is 12.1 Å². The first-order valence-electron chi connectivity index (χ1n) is 11.4. The van der Waals surface area contributed by atoms with Gasteiger partial charge in [0.25, 0.3) is 0 Å². The minimum absolute atomic E-state index is 0.0673. The fourth-order valence-corrected chi connectivity index (χ4v) is 5.17. The fraction of sp³-hybridized carbons (Fsp3) is 0.346. The van der Waals surface area contributed by atoms with E-state index in [2.05, 4.69) is 77.6 Å². The summed E-state index contributed by atoms with van der Waals surface area (Å²) in [7, 11) is 0. The number of benzene rings is 1. The summed E-state index contributed by atoms with van der Waals surface area (Å²) in [4.78, 5) is 16.8. The summed E-state index contributed by atoms with van der Waals surface area (Å²) in [6.07, 6.45) is 15.4. The zero-order valence-corrected chi connectivity index (χ0v) is 19.6. The van der Waals surface area contributed by atoms with Crippen molar-refractivity contribution in [2.45, 2.75) is 57.7 Å². The van der Waals surface area contributed by atoms with Crippen LogP contribution < -0.4 is 10.6 Å². The van der Waals surface area contributed by atoms with Gasteiger partial charge < -0.3 is 20.2 Å². The molecule has 3 N–H and O–H groups in total. The molecule has 7 heteroatoms. The van der Waals surface area contributed by atoms with Crippen LogP contribution >= 0.6 is 0 Å². The van der Waals surface area contributed by atoms with Gasteiger partial charge in [0, 0.05) is 64.6 Å². The Morgan fingerprint density at radius 2 is 1.91 bits per heavy atom. The first-order valence-corrected chi connectivity index (χ1v) is 11.4. The molecule has 170 valence electrons. The van der Waals surface area contributed by atoms with E-state index in [1.54, 1.807) is 12.5 Å². The third kappa shape index (κ3) is 4.83. The summed E-state index contributed by atoms with van der Waals surface area (Å²) in [5.41, 5.74) is 4.31. The lowest BCUT2D eigenvalue weighted by molar-refractivity contribution is 0.170. The summed E-state index contributed by atoms with van der Waals surface area (Å²) >= 11 is 0. The van der Waals surface area contributed by atoms with E-state index in [0.717, 1.165) is 40.6 Å². The van der Waals surface area contributed by atoms with Crippen molar-refractivity contribution in [1.82, 2.24) is 29.8 Å². The number of piperidine rings is 1. The first-order chi connectivity index (χ1) is 15.8. The molecule has 1 fully saturated rings. The van der Waals surface area contributed by atoms with E-state index in [1.165, 1.54) is 0 Å². The largest absolute Gasteiger partial charge is 0.360 e. The molecule has 3 aromatic heterocycles. The number of rotatable bonds is 5. The van der Waals surface area contributed by atoms with Crippen molar-refractivity contribution in [1.29, 1.82) is 0 Å². The number of anilines is 1. The highest BCUT2D eigenvalue weighted by atomic mass is 15.2. The predicted molar refractivity (Wildman–Crippen MR) is 135 cm³/mol. The number of aromatic amines is 1. The maximum Gasteiger partial charge on any atom is 0.223 e. The quantitative estimate of drug-likeness (QED) is 0.398. The fourth-order valence-electron chi connectivity index (χ4n) is 5.17. The van der Waals surface area contributed by atoms with E-state index < -0.39 is 0 Å². The highest BCUT2D eigenvalue weighted by Gasteiger charge is 2.37. The van der Waals surface area contributed by atoms with Crippen LogP contribution in [0.25, 0.3) is 34.4 Å². The number of aromatic nitrogens is 5. The number of nitrogens with one attached hydrogen (secondary N) is 3. The predicted octanol–water partition coefficient (Wildman–Crippen LogP) is 5.17. The van der Waals surface area contributed by atoms with Gasteiger partial charge in [0.2, 0.25) is 5.95 Å². The molecule has 1 aliphatic rings. The first kappa shape index (κ1) is 21.4. The number of hydrogen-bond acceptors (Lipinski definition) is 5. The molecular weight excluding hydrogens is 410 g/mol. The second-order valence-corrected chi connectivity index (χ2v) is 10.2. The van der Waals surface area contributed by atoms with Gasteiger partial charge in [0.15, 0.2) is 0 Å². The van der Waals surface area contributed by atoms with Crippen LogP contribution in [-0.4, -0.2) is 41.6 Å². The summed E-state index contributed by atoms with van der Waals surface area (Å²) in [5.74, 6) is 0.681. The molecule has 1 aliphatic heterocycles. The van der Waals surface area contributed by atoms with Crippen LogP contribution in [0.2, 0.25) is 0 Å². The number of hydrogen-bond donors (Lipinski definition) is 3. The lowest BCUT2D eigenvalue weighted by Crippen LogP contribution is -2.60. The van der Waals surface area contributed by atoms with Crippen molar-refractivity contribution in [3.8, 4) is 11.3 Å². The average molecular weight is 442 g/mol. The third-order valence-corrected chi connectivity index (χ3v) is 6.12. The molecule has 7 nitrogen and oxygen atoms in total. The molecule has 1 aromatic carbocycles. The molecule has 0 spiro atoms. The molecule has 0 amide bonds. The molecular formula is C26H31N7. The summed E-state index contributed by atoms with van der Waals surface area (Å²) in [6.45, 7) is 9.02. The smallest absolute Gasteiger partial charge is 0.223 e. The Morgan fingerprint density at radius 3 is 2.67 bits per heavy atom. The Bertz CT molecular complexity index is 1270. The van der Waals surface area contributed by atoms with E-state index in [4.69, 9.17) is 4.98 Å². The monoisotopic (exact) mass is 441 g/mol.